The van der Waals surface area contributed by atoms with E-state index < -0.39 is 0 Å². The highest BCUT2D eigenvalue weighted by Crippen LogP contribution is 2.16. The summed E-state index contributed by atoms with van der Waals surface area (Å²) in [6, 6.07) is 0. The summed E-state index contributed by atoms with van der Waals surface area (Å²) in [7, 11) is 0. The first kappa shape index (κ1) is 11.0. The van der Waals surface area contributed by atoms with Gasteiger partial charge < -0.3 is 4.90 Å². The third-order valence-corrected chi connectivity index (χ3v) is 2.94. The van der Waals surface area contributed by atoms with Gasteiger partial charge in [0, 0.05) is 19.3 Å². The monoisotopic (exact) mass is 219 g/mol. The highest BCUT2D eigenvalue weighted by Gasteiger charge is 2.22. The van der Waals surface area contributed by atoms with Gasteiger partial charge >= 0.3 is 0 Å². The molecule has 0 radical (unpaired) electrons. The van der Waals surface area contributed by atoms with Gasteiger partial charge in [-0.2, -0.15) is 0 Å². The zero-order valence-electron chi connectivity index (χ0n) is 9.81. The van der Waals surface area contributed by atoms with E-state index in [9.17, 15) is 4.79 Å². The van der Waals surface area contributed by atoms with Gasteiger partial charge in [-0.1, -0.05) is 6.92 Å². The van der Waals surface area contributed by atoms with Crippen LogP contribution in [-0.2, 0) is 0 Å². The molecule has 1 fully saturated rings. The first-order valence-corrected chi connectivity index (χ1v) is 5.74. The summed E-state index contributed by atoms with van der Waals surface area (Å²) in [5, 5.41) is 0. The molecule has 0 spiro atoms. The van der Waals surface area contributed by atoms with Gasteiger partial charge in [0.1, 0.15) is 5.69 Å². The highest BCUT2D eigenvalue weighted by atomic mass is 16.2. The number of amides is 1. The second kappa shape index (κ2) is 4.60. The van der Waals surface area contributed by atoms with Crippen LogP contribution in [-0.4, -0.2) is 33.9 Å². The van der Waals surface area contributed by atoms with E-state index in [2.05, 4.69) is 16.9 Å². The Morgan fingerprint density at radius 2 is 2.25 bits per heavy atom. The fraction of sp³-hybridized carbons (Fsp3) is 0.583. The molecule has 1 aliphatic heterocycles. The second-order valence-electron chi connectivity index (χ2n) is 4.54. The third kappa shape index (κ3) is 2.38. The van der Waals surface area contributed by atoms with Crippen molar-refractivity contribution in [2.24, 2.45) is 5.92 Å². The van der Waals surface area contributed by atoms with E-state index in [1.807, 2.05) is 11.8 Å². The van der Waals surface area contributed by atoms with Crippen molar-refractivity contribution in [2.45, 2.75) is 26.7 Å². The number of piperidine rings is 1. The summed E-state index contributed by atoms with van der Waals surface area (Å²) in [4.78, 5) is 22.2. The lowest BCUT2D eigenvalue weighted by atomic mass is 10.0. The standard InChI is InChI=1S/C12H17N3O/c1-9-4-3-5-15(8-9)12(16)11-7-13-10(2)6-14-11/h6-7,9H,3-5,8H2,1-2H3. The number of carbonyl (C=O) groups excluding carboxylic acids is 1. The van der Waals surface area contributed by atoms with Crippen molar-refractivity contribution < 1.29 is 4.79 Å². The number of carbonyl (C=O) groups is 1. The van der Waals surface area contributed by atoms with Crippen LogP contribution >= 0.6 is 0 Å². The molecule has 4 nitrogen and oxygen atoms in total. The maximum Gasteiger partial charge on any atom is 0.274 e. The van der Waals surface area contributed by atoms with Gasteiger partial charge in [0.2, 0.25) is 0 Å². The molecule has 16 heavy (non-hydrogen) atoms. The summed E-state index contributed by atoms with van der Waals surface area (Å²) in [5.74, 6) is 0.607. The Labute approximate surface area is 95.7 Å². The second-order valence-corrected chi connectivity index (χ2v) is 4.54. The maximum atomic E-state index is 12.1. The van der Waals surface area contributed by atoms with Crippen molar-refractivity contribution in [3.05, 3.63) is 23.8 Å². The van der Waals surface area contributed by atoms with Crippen LogP contribution in [0.5, 0.6) is 0 Å². The minimum absolute atomic E-state index is 0.0130. The molecule has 0 bridgehead atoms. The lowest BCUT2D eigenvalue weighted by Crippen LogP contribution is -2.39. The molecule has 1 unspecified atom stereocenters. The van der Waals surface area contributed by atoms with Crippen molar-refractivity contribution in [1.29, 1.82) is 0 Å². The fourth-order valence-corrected chi connectivity index (χ4v) is 2.04. The van der Waals surface area contributed by atoms with E-state index in [1.165, 1.54) is 6.42 Å². The number of hydrogen-bond acceptors (Lipinski definition) is 3. The summed E-state index contributed by atoms with van der Waals surface area (Å²) < 4.78 is 0. The van der Waals surface area contributed by atoms with E-state index in [4.69, 9.17) is 0 Å². The van der Waals surface area contributed by atoms with Gasteiger partial charge in [0.25, 0.3) is 5.91 Å². The van der Waals surface area contributed by atoms with Crippen LogP contribution in [0.1, 0.15) is 35.9 Å². The molecule has 2 heterocycles. The summed E-state index contributed by atoms with van der Waals surface area (Å²) in [5.41, 5.74) is 1.29. The third-order valence-electron chi connectivity index (χ3n) is 2.94. The Balaban J connectivity index is 2.09. The number of rotatable bonds is 1. The van der Waals surface area contributed by atoms with Crippen LogP contribution in [0.3, 0.4) is 0 Å². The smallest absolute Gasteiger partial charge is 0.274 e. The van der Waals surface area contributed by atoms with E-state index in [0.29, 0.717) is 11.6 Å². The Kier molecular flexibility index (Phi) is 3.17. The van der Waals surface area contributed by atoms with Crippen LogP contribution in [0.4, 0.5) is 0 Å². The lowest BCUT2D eigenvalue weighted by Gasteiger charge is -2.30. The summed E-state index contributed by atoms with van der Waals surface area (Å²) >= 11 is 0. The molecule has 4 heteroatoms. The van der Waals surface area contributed by atoms with Crippen LogP contribution in [0.2, 0.25) is 0 Å². The summed E-state index contributed by atoms with van der Waals surface area (Å²) in [6.45, 7) is 5.73. The molecule has 1 aliphatic rings. The Hall–Kier alpha value is -1.45. The topological polar surface area (TPSA) is 46.1 Å². The van der Waals surface area contributed by atoms with Gasteiger partial charge in [-0.25, -0.2) is 4.98 Å². The number of aromatic nitrogens is 2. The average Bonchev–Trinajstić information content (AvgIpc) is 2.29. The molecule has 0 N–H and O–H groups in total. The number of likely N-dealkylation sites (tertiary alicyclic amines) is 1. The van der Waals surface area contributed by atoms with Crippen molar-refractivity contribution in [2.75, 3.05) is 13.1 Å². The molecule has 1 aromatic rings. The van der Waals surface area contributed by atoms with Gasteiger partial charge in [-0.05, 0) is 25.7 Å². The summed E-state index contributed by atoms with van der Waals surface area (Å²) in [6.07, 6.45) is 5.51. The van der Waals surface area contributed by atoms with Crippen LogP contribution in [0.25, 0.3) is 0 Å². The number of aryl methyl sites for hydroxylation is 1. The maximum absolute atomic E-state index is 12.1. The van der Waals surface area contributed by atoms with Crippen LogP contribution < -0.4 is 0 Å². The molecule has 2 rings (SSSR count). The number of hydrogen-bond donors (Lipinski definition) is 0. The highest BCUT2D eigenvalue weighted by molar-refractivity contribution is 5.92. The lowest BCUT2D eigenvalue weighted by molar-refractivity contribution is 0.0676. The molecule has 0 saturated carbocycles. The predicted molar refractivity (Wildman–Crippen MR) is 61.1 cm³/mol. The largest absolute Gasteiger partial charge is 0.337 e. The first-order chi connectivity index (χ1) is 7.66. The van der Waals surface area contributed by atoms with Crippen molar-refractivity contribution in [3.63, 3.8) is 0 Å². The first-order valence-electron chi connectivity index (χ1n) is 5.74. The van der Waals surface area contributed by atoms with Crippen molar-refractivity contribution >= 4 is 5.91 Å². The van der Waals surface area contributed by atoms with Gasteiger partial charge in [-0.15, -0.1) is 0 Å². The van der Waals surface area contributed by atoms with Crippen LogP contribution in [0.15, 0.2) is 12.4 Å². The van der Waals surface area contributed by atoms with Crippen molar-refractivity contribution in [3.8, 4) is 0 Å². The fourth-order valence-electron chi connectivity index (χ4n) is 2.04. The average molecular weight is 219 g/mol. The molecule has 86 valence electrons. The van der Waals surface area contributed by atoms with E-state index in [-0.39, 0.29) is 5.91 Å². The van der Waals surface area contributed by atoms with Crippen LogP contribution in [0, 0.1) is 12.8 Å². The Morgan fingerprint density at radius 3 is 2.88 bits per heavy atom. The van der Waals surface area contributed by atoms with Gasteiger partial charge in [-0.3, -0.25) is 9.78 Å². The SMILES string of the molecule is Cc1cnc(C(=O)N2CCCC(C)C2)cn1. The molecule has 0 aromatic carbocycles. The zero-order chi connectivity index (χ0) is 11.5. The zero-order valence-corrected chi connectivity index (χ0v) is 9.81. The van der Waals surface area contributed by atoms with E-state index in [1.54, 1.807) is 12.4 Å². The minimum Gasteiger partial charge on any atom is -0.337 e. The minimum atomic E-state index is 0.0130. The molecule has 1 saturated heterocycles. The molecular formula is C12H17N3O. The van der Waals surface area contributed by atoms with E-state index in [0.717, 1.165) is 25.2 Å². The van der Waals surface area contributed by atoms with E-state index >= 15 is 0 Å². The molecule has 0 aliphatic carbocycles. The Bertz CT molecular complexity index is 374. The van der Waals surface area contributed by atoms with Gasteiger partial charge in [0.15, 0.2) is 0 Å². The molecule has 1 aromatic heterocycles. The van der Waals surface area contributed by atoms with Gasteiger partial charge in [0.05, 0.1) is 11.9 Å². The normalized spacial score (nSPS) is 20.9. The number of nitrogens with zero attached hydrogens (tertiary/aromatic N) is 3. The quantitative estimate of drug-likeness (QED) is 0.721. The Morgan fingerprint density at radius 1 is 1.44 bits per heavy atom. The molecular weight excluding hydrogens is 202 g/mol. The van der Waals surface area contributed by atoms with Crippen molar-refractivity contribution in [1.82, 2.24) is 14.9 Å². The molecule has 1 atom stereocenters. The molecule has 1 amide bonds. The predicted octanol–water partition coefficient (Wildman–Crippen LogP) is 1.66.